The van der Waals surface area contributed by atoms with Gasteiger partial charge in [0.1, 0.15) is 11.6 Å². The number of carbonyl (C=O) groups excluding carboxylic acids is 2. The largest absolute Gasteiger partial charge is 0.444 e. The van der Waals surface area contributed by atoms with Gasteiger partial charge in [0.15, 0.2) is 0 Å². The molecule has 0 aromatic rings. The van der Waals surface area contributed by atoms with Crippen molar-refractivity contribution in [3.8, 4) is 0 Å². The second-order valence-electron chi connectivity index (χ2n) is 5.23. The summed E-state index contributed by atoms with van der Waals surface area (Å²) in [6.45, 7) is 10.5. The van der Waals surface area contributed by atoms with Crippen LogP contribution < -0.4 is 5.32 Å². The highest BCUT2D eigenvalue weighted by molar-refractivity contribution is 5.86. The molecule has 1 radical (unpaired) electrons. The van der Waals surface area contributed by atoms with Gasteiger partial charge in [0.25, 0.3) is 0 Å². The van der Waals surface area contributed by atoms with Crippen molar-refractivity contribution in [1.29, 1.82) is 0 Å². The molecule has 0 aromatic carbocycles. The quantitative estimate of drug-likeness (QED) is 0.793. The zero-order valence-electron chi connectivity index (χ0n) is 10.8. The van der Waals surface area contributed by atoms with E-state index in [0.29, 0.717) is 0 Å². The van der Waals surface area contributed by atoms with Crippen LogP contribution in [0.3, 0.4) is 0 Å². The van der Waals surface area contributed by atoms with Crippen molar-refractivity contribution in [3.63, 3.8) is 0 Å². The first-order valence-electron chi connectivity index (χ1n) is 5.91. The smallest absolute Gasteiger partial charge is 0.408 e. The predicted octanol–water partition coefficient (Wildman–Crippen LogP) is 1.34. The minimum atomic E-state index is -0.775. The fourth-order valence-electron chi connectivity index (χ4n) is 1.67. The molecule has 1 heterocycles. The third-order valence-electron chi connectivity index (χ3n) is 2.41. The summed E-state index contributed by atoms with van der Waals surface area (Å²) in [4.78, 5) is 25.0. The maximum Gasteiger partial charge on any atom is 0.408 e. The fraction of sp³-hybridized carbons (Fsp3) is 0.750. The molecule has 0 spiro atoms. The van der Waals surface area contributed by atoms with E-state index in [4.69, 9.17) is 4.74 Å². The average molecular weight is 241 g/mol. The molecule has 0 aromatic heterocycles. The molecule has 1 N–H and O–H groups in total. The van der Waals surface area contributed by atoms with E-state index in [9.17, 15) is 9.59 Å². The second-order valence-corrected chi connectivity index (χ2v) is 5.23. The van der Waals surface area contributed by atoms with E-state index in [2.05, 4.69) is 12.2 Å². The van der Waals surface area contributed by atoms with Gasteiger partial charge in [-0.25, -0.2) is 4.79 Å². The van der Waals surface area contributed by atoms with Crippen LogP contribution in [0.1, 0.15) is 33.6 Å². The highest BCUT2D eigenvalue weighted by Gasteiger charge is 2.26. The minimum Gasteiger partial charge on any atom is -0.444 e. The van der Waals surface area contributed by atoms with Crippen LogP contribution in [0.5, 0.6) is 0 Å². The zero-order valence-corrected chi connectivity index (χ0v) is 10.8. The summed E-state index contributed by atoms with van der Waals surface area (Å²) in [5.74, 6) is -0.145. The Kier molecular flexibility index (Phi) is 4.37. The van der Waals surface area contributed by atoms with E-state index >= 15 is 0 Å². The monoisotopic (exact) mass is 241 g/mol. The average Bonchev–Trinajstić information content (AvgIpc) is 2.65. The first-order chi connectivity index (χ1) is 7.79. The number of amides is 2. The molecule has 1 aliphatic rings. The van der Waals surface area contributed by atoms with Crippen LogP contribution in [0.25, 0.3) is 0 Å². The van der Waals surface area contributed by atoms with Gasteiger partial charge >= 0.3 is 6.09 Å². The Bertz CT molecular complexity index is 291. The molecular weight excluding hydrogens is 220 g/mol. The first kappa shape index (κ1) is 13.8. The maximum atomic E-state index is 11.8. The fourth-order valence-corrected chi connectivity index (χ4v) is 1.67. The van der Waals surface area contributed by atoms with Gasteiger partial charge in [-0.3, -0.25) is 4.79 Å². The Balaban J connectivity index is 2.40. The van der Waals surface area contributed by atoms with Gasteiger partial charge in [-0.15, -0.1) is 0 Å². The van der Waals surface area contributed by atoms with Gasteiger partial charge in [0, 0.05) is 13.1 Å². The van der Waals surface area contributed by atoms with E-state index in [1.54, 1.807) is 25.7 Å². The zero-order chi connectivity index (χ0) is 13.1. The van der Waals surface area contributed by atoms with E-state index in [-0.39, 0.29) is 5.91 Å². The van der Waals surface area contributed by atoms with Gasteiger partial charge in [0.05, 0.1) is 0 Å². The number of alkyl carbamates (subject to hydrolysis) is 1. The van der Waals surface area contributed by atoms with Crippen LogP contribution >= 0.6 is 0 Å². The third kappa shape index (κ3) is 4.63. The Hall–Kier alpha value is -1.26. The summed E-state index contributed by atoms with van der Waals surface area (Å²) >= 11 is 0. The lowest BCUT2D eigenvalue weighted by atomic mass is 10.2. The van der Waals surface area contributed by atoms with Crippen LogP contribution in [0.2, 0.25) is 0 Å². The predicted molar refractivity (Wildman–Crippen MR) is 64.3 cm³/mol. The summed E-state index contributed by atoms with van der Waals surface area (Å²) in [7, 11) is 0. The first-order valence-corrected chi connectivity index (χ1v) is 5.91. The molecule has 17 heavy (non-hydrogen) atoms. The van der Waals surface area contributed by atoms with Gasteiger partial charge in [-0.05, 0) is 40.5 Å². The number of carbonyl (C=O) groups is 2. The normalized spacial score (nSPS) is 17.8. The highest BCUT2D eigenvalue weighted by atomic mass is 16.6. The standard InChI is InChI=1S/C12H21N2O3/c1-9(10(15)14-7-5-6-8-14)13-11(16)17-12(2,3)4/h9H,1,5-8H2,2-4H3,(H,13,16). The molecule has 97 valence electrons. The molecule has 1 fully saturated rings. The van der Waals surface area contributed by atoms with Crippen molar-refractivity contribution >= 4 is 12.0 Å². The summed E-state index contributed by atoms with van der Waals surface area (Å²) < 4.78 is 5.06. The summed E-state index contributed by atoms with van der Waals surface area (Å²) in [5.41, 5.74) is -0.569. The van der Waals surface area contributed by atoms with Crippen molar-refractivity contribution in [2.45, 2.75) is 45.3 Å². The van der Waals surface area contributed by atoms with E-state index in [1.165, 1.54) is 0 Å². The lowest BCUT2D eigenvalue weighted by Gasteiger charge is -2.24. The van der Waals surface area contributed by atoms with Crippen LogP contribution in [-0.2, 0) is 9.53 Å². The number of hydrogen-bond donors (Lipinski definition) is 1. The van der Waals surface area contributed by atoms with Crippen molar-refractivity contribution in [3.05, 3.63) is 6.92 Å². The molecule has 0 bridgehead atoms. The lowest BCUT2D eigenvalue weighted by molar-refractivity contribution is -0.131. The second kappa shape index (κ2) is 5.38. The highest BCUT2D eigenvalue weighted by Crippen LogP contribution is 2.10. The number of rotatable bonds is 2. The molecule has 1 aliphatic heterocycles. The number of likely N-dealkylation sites (tertiary alicyclic amines) is 1. The molecule has 1 saturated heterocycles. The van der Waals surface area contributed by atoms with Crippen LogP contribution in [0.15, 0.2) is 0 Å². The third-order valence-corrected chi connectivity index (χ3v) is 2.41. The van der Waals surface area contributed by atoms with Gasteiger partial charge in [0.2, 0.25) is 5.91 Å². The summed E-state index contributed by atoms with van der Waals surface area (Å²) in [6.07, 6.45) is 1.43. The van der Waals surface area contributed by atoms with E-state index < -0.39 is 17.7 Å². The lowest BCUT2D eigenvalue weighted by Crippen LogP contribution is -2.47. The minimum absolute atomic E-state index is 0.145. The van der Waals surface area contributed by atoms with Crippen LogP contribution in [0.4, 0.5) is 4.79 Å². The number of nitrogens with zero attached hydrogens (tertiary/aromatic N) is 1. The van der Waals surface area contributed by atoms with Crippen LogP contribution in [0, 0.1) is 6.92 Å². The molecule has 2 amide bonds. The van der Waals surface area contributed by atoms with Crippen molar-refractivity contribution < 1.29 is 14.3 Å². The van der Waals surface area contributed by atoms with Gasteiger partial charge in [-0.1, -0.05) is 0 Å². The Morgan fingerprint density at radius 2 is 1.82 bits per heavy atom. The molecule has 5 nitrogen and oxygen atoms in total. The molecular formula is C12H21N2O3. The number of ether oxygens (including phenoxy) is 1. The van der Waals surface area contributed by atoms with Crippen LogP contribution in [-0.4, -0.2) is 41.6 Å². The molecule has 1 unspecified atom stereocenters. The Morgan fingerprint density at radius 3 is 2.29 bits per heavy atom. The van der Waals surface area contributed by atoms with Gasteiger partial charge < -0.3 is 15.0 Å². The molecule has 0 aliphatic carbocycles. The Morgan fingerprint density at radius 1 is 1.29 bits per heavy atom. The Labute approximate surface area is 102 Å². The number of hydrogen-bond acceptors (Lipinski definition) is 3. The SMILES string of the molecule is [CH2]C(NC(=O)OC(C)(C)C)C(=O)N1CCCC1. The molecule has 5 heteroatoms. The van der Waals surface area contributed by atoms with Gasteiger partial charge in [-0.2, -0.15) is 0 Å². The van der Waals surface area contributed by atoms with Crippen molar-refractivity contribution in [1.82, 2.24) is 10.2 Å². The molecule has 0 saturated carbocycles. The topological polar surface area (TPSA) is 58.6 Å². The van der Waals surface area contributed by atoms with Crippen molar-refractivity contribution in [2.75, 3.05) is 13.1 Å². The molecule has 1 atom stereocenters. The summed E-state index contributed by atoms with van der Waals surface area (Å²) in [6, 6.07) is -0.775. The van der Waals surface area contributed by atoms with E-state index in [0.717, 1.165) is 25.9 Å². The maximum absolute atomic E-state index is 11.8. The molecule has 1 rings (SSSR count). The van der Waals surface area contributed by atoms with Crippen molar-refractivity contribution in [2.24, 2.45) is 0 Å². The number of nitrogens with one attached hydrogen (secondary N) is 1. The van der Waals surface area contributed by atoms with E-state index in [1.807, 2.05) is 0 Å². The summed E-state index contributed by atoms with van der Waals surface area (Å²) in [5, 5.41) is 2.45.